The number of nitrogens with zero attached hydrogens (tertiary/aromatic N) is 4. The fraction of sp³-hybridized carbons (Fsp3) is 0.0714. The van der Waals surface area contributed by atoms with Crippen LogP contribution in [0, 0.1) is 0 Å². The van der Waals surface area contributed by atoms with E-state index in [4.69, 9.17) is 5.73 Å². The van der Waals surface area contributed by atoms with Crippen molar-refractivity contribution in [2.45, 2.75) is 6.54 Å². The van der Waals surface area contributed by atoms with Crippen molar-refractivity contribution in [3.05, 3.63) is 60.7 Å². The van der Waals surface area contributed by atoms with Crippen LogP contribution in [-0.4, -0.2) is 19.7 Å². The van der Waals surface area contributed by atoms with E-state index in [-0.39, 0.29) is 0 Å². The van der Waals surface area contributed by atoms with Gasteiger partial charge in [0.1, 0.15) is 0 Å². The van der Waals surface area contributed by atoms with Gasteiger partial charge in [0.05, 0.1) is 36.5 Å². The Labute approximate surface area is 116 Å². The predicted molar refractivity (Wildman–Crippen MR) is 77.5 cm³/mol. The first kappa shape index (κ1) is 12.2. The van der Waals surface area contributed by atoms with Crippen LogP contribution in [0.4, 0.5) is 17.3 Å². The molecule has 6 nitrogen and oxygen atoms in total. The number of benzene rings is 1. The average Bonchev–Trinajstić information content (AvgIpc) is 2.90. The molecule has 0 aliphatic carbocycles. The summed E-state index contributed by atoms with van der Waals surface area (Å²) in [5, 5.41) is 7.38. The van der Waals surface area contributed by atoms with Gasteiger partial charge < -0.3 is 11.1 Å². The van der Waals surface area contributed by atoms with Gasteiger partial charge >= 0.3 is 0 Å². The average molecular weight is 266 g/mol. The summed E-state index contributed by atoms with van der Waals surface area (Å²) >= 11 is 0. The fourth-order valence-corrected chi connectivity index (χ4v) is 1.82. The molecule has 3 N–H and O–H groups in total. The topological polar surface area (TPSA) is 81.6 Å². The van der Waals surface area contributed by atoms with E-state index in [9.17, 15) is 0 Å². The molecule has 0 radical (unpaired) electrons. The second-order valence-electron chi connectivity index (χ2n) is 4.38. The molecular formula is C14H14N6. The van der Waals surface area contributed by atoms with Crippen molar-refractivity contribution >= 4 is 17.3 Å². The van der Waals surface area contributed by atoms with E-state index in [1.807, 2.05) is 29.1 Å². The van der Waals surface area contributed by atoms with Crippen molar-refractivity contribution in [1.82, 2.24) is 19.7 Å². The smallest absolute Gasteiger partial charge is 0.227 e. The second kappa shape index (κ2) is 5.40. The van der Waals surface area contributed by atoms with Gasteiger partial charge in [-0.2, -0.15) is 5.10 Å². The van der Waals surface area contributed by atoms with E-state index in [1.165, 1.54) is 5.56 Å². The summed E-state index contributed by atoms with van der Waals surface area (Å²) in [5.74, 6) is 0.499. The Morgan fingerprint density at radius 3 is 2.55 bits per heavy atom. The Bertz CT molecular complexity index is 674. The first-order valence-corrected chi connectivity index (χ1v) is 6.20. The lowest BCUT2D eigenvalue weighted by atomic mass is 10.2. The lowest BCUT2D eigenvalue weighted by Crippen LogP contribution is -2.00. The van der Waals surface area contributed by atoms with Crippen LogP contribution < -0.4 is 11.1 Å². The van der Waals surface area contributed by atoms with E-state index in [0.717, 1.165) is 12.2 Å². The van der Waals surface area contributed by atoms with Crippen LogP contribution in [0.2, 0.25) is 0 Å². The number of aromatic nitrogens is 4. The van der Waals surface area contributed by atoms with Crippen molar-refractivity contribution in [2.24, 2.45) is 0 Å². The van der Waals surface area contributed by atoms with Crippen molar-refractivity contribution in [3.8, 4) is 0 Å². The van der Waals surface area contributed by atoms with Crippen LogP contribution in [0.5, 0.6) is 0 Å². The number of rotatable bonds is 4. The van der Waals surface area contributed by atoms with E-state index in [0.29, 0.717) is 11.6 Å². The number of nitrogens with one attached hydrogen (secondary N) is 1. The van der Waals surface area contributed by atoms with Crippen LogP contribution in [0.3, 0.4) is 0 Å². The molecule has 2 heterocycles. The highest BCUT2D eigenvalue weighted by Gasteiger charge is 2.01. The monoisotopic (exact) mass is 266 g/mol. The van der Waals surface area contributed by atoms with Crippen molar-refractivity contribution in [3.63, 3.8) is 0 Å². The molecule has 1 aromatic carbocycles. The molecular weight excluding hydrogens is 252 g/mol. The van der Waals surface area contributed by atoms with Crippen LogP contribution in [-0.2, 0) is 6.54 Å². The van der Waals surface area contributed by atoms with Gasteiger partial charge in [0.2, 0.25) is 5.95 Å². The molecule has 0 saturated heterocycles. The zero-order chi connectivity index (χ0) is 13.8. The summed E-state index contributed by atoms with van der Waals surface area (Å²) in [5.41, 5.74) is 8.12. The van der Waals surface area contributed by atoms with Gasteiger partial charge in [-0.25, -0.2) is 9.97 Å². The Kier molecular flexibility index (Phi) is 3.28. The SMILES string of the molecule is Nc1cnc(Nc2cnn(Cc3ccccc3)c2)nc1. The summed E-state index contributed by atoms with van der Waals surface area (Å²) in [4.78, 5) is 8.17. The minimum absolute atomic E-state index is 0.499. The summed E-state index contributed by atoms with van der Waals surface area (Å²) in [7, 11) is 0. The molecule has 100 valence electrons. The first-order chi connectivity index (χ1) is 9.79. The lowest BCUT2D eigenvalue weighted by molar-refractivity contribution is 0.687. The highest BCUT2D eigenvalue weighted by molar-refractivity contribution is 5.51. The van der Waals surface area contributed by atoms with Crippen LogP contribution in [0.25, 0.3) is 0 Å². The molecule has 0 fully saturated rings. The zero-order valence-electron chi connectivity index (χ0n) is 10.8. The van der Waals surface area contributed by atoms with Crippen LogP contribution >= 0.6 is 0 Å². The van der Waals surface area contributed by atoms with Gasteiger partial charge in [0.25, 0.3) is 0 Å². The van der Waals surface area contributed by atoms with E-state index in [1.54, 1.807) is 18.6 Å². The van der Waals surface area contributed by atoms with Crippen molar-refractivity contribution in [1.29, 1.82) is 0 Å². The molecule has 6 heteroatoms. The molecule has 0 aliphatic heterocycles. The Balaban J connectivity index is 1.69. The Morgan fingerprint density at radius 1 is 1.05 bits per heavy atom. The third kappa shape index (κ3) is 2.92. The quantitative estimate of drug-likeness (QED) is 0.755. The van der Waals surface area contributed by atoms with Crippen molar-refractivity contribution in [2.75, 3.05) is 11.1 Å². The summed E-state index contributed by atoms with van der Waals surface area (Å²) in [6.45, 7) is 0.727. The van der Waals surface area contributed by atoms with Crippen LogP contribution in [0.15, 0.2) is 55.1 Å². The Hall–Kier alpha value is -2.89. The van der Waals surface area contributed by atoms with E-state index >= 15 is 0 Å². The molecule has 0 atom stereocenters. The molecule has 3 aromatic rings. The normalized spacial score (nSPS) is 10.4. The predicted octanol–water partition coefficient (Wildman–Crippen LogP) is 2.05. The maximum atomic E-state index is 5.54. The largest absolute Gasteiger partial charge is 0.396 e. The molecule has 0 spiro atoms. The minimum atomic E-state index is 0.499. The minimum Gasteiger partial charge on any atom is -0.396 e. The molecule has 3 rings (SSSR count). The van der Waals surface area contributed by atoms with Gasteiger partial charge in [-0.05, 0) is 5.56 Å². The molecule has 0 amide bonds. The molecule has 0 saturated carbocycles. The Morgan fingerprint density at radius 2 is 1.80 bits per heavy atom. The first-order valence-electron chi connectivity index (χ1n) is 6.20. The number of hydrogen-bond acceptors (Lipinski definition) is 5. The molecule has 0 aliphatic rings. The molecule has 0 bridgehead atoms. The lowest BCUT2D eigenvalue weighted by Gasteiger charge is -2.02. The van der Waals surface area contributed by atoms with Crippen LogP contribution in [0.1, 0.15) is 5.56 Å². The number of nitrogen functional groups attached to an aromatic ring is 1. The highest BCUT2D eigenvalue weighted by Crippen LogP contribution is 2.12. The van der Waals surface area contributed by atoms with Gasteiger partial charge in [0.15, 0.2) is 0 Å². The highest BCUT2D eigenvalue weighted by atomic mass is 15.3. The third-order valence-corrected chi connectivity index (χ3v) is 2.75. The maximum Gasteiger partial charge on any atom is 0.227 e. The standard InChI is InChI=1S/C14H14N6/c15-12-6-16-14(17-7-12)19-13-8-18-20(10-13)9-11-4-2-1-3-5-11/h1-8,10H,9,15H2,(H,16,17,19). The molecule has 2 aromatic heterocycles. The second-order valence-corrected chi connectivity index (χ2v) is 4.38. The van der Waals surface area contributed by atoms with E-state index < -0.39 is 0 Å². The summed E-state index contributed by atoms with van der Waals surface area (Å²) in [6.07, 6.45) is 6.77. The van der Waals surface area contributed by atoms with Gasteiger partial charge in [-0.1, -0.05) is 30.3 Å². The van der Waals surface area contributed by atoms with E-state index in [2.05, 4.69) is 32.5 Å². The van der Waals surface area contributed by atoms with Crippen molar-refractivity contribution < 1.29 is 0 Å². The molecule has 0 unspecified atom stereocenters. The number of nitrogens with two attached hydrogens (primary N) is 1. The summed E-state index contributed by atoms with van der Waals surface area (Å²) in [6, 6.07) is 10.2. The third-order valence-electron chi connectivity index (χ3n) is 2.75. The zero-order valence-corrected chi connectivity index (χ0v) is 10.8. The van der Waals surface area contributed by atoms with Gasteiger partial charge in [0, 0.05) is 6.20 Å². The number of hydrogen-bond donors (Lipinski definition) is 2. The van der Waals surface area contributed by atoms with Gasteiger partial charge in [-0.3, -0.25) is 4.68 Å². The fourth-order valence-electron chi connectivity index (χ4n) is 1.82. The summed E-state index contributed by atoms with van der Waals surface area (Å²) < 4.78 is 1.86. The number of anilines is 3. The van der Waals surface area contributed by atoms with Gasteiger partial charge in [-0.15, -0.1) is 0 Å². The maximum absolute atomic E-state index is 5.54. The molecule has 20 heavy (non-hydrogen) atoms.